The Kier molecular flexibility index (Phi) is 4.90. The quantitative estimate of drug-likeness (QED) is 0.682. The van der Waals surface area contributed by atoms with Gasteiger partial charge in [-0.1, -0.05) is 19.9 Å². The molecule has 0 spiro atoms. The first-order valence-corrected chi connectivity index (χ1v) is 8.27. The maximum Gasteiger partial charge on any atom is 0.339 e. The molecule has 110 valence electrons. The molecular weight excluding hydrogens is 316 g/mol. The molecule has 1 fully saturated rings. The van der Waals surface area contributed by atoms with Crippen molar-refractivity contribution in [3.8, 4) is 0 Å². The first-order chi connectivity index (χ1) is 9.45. The van der Waals surface area contributed by atoms with E-state index < -0.39 is 0 Å². The molecule has 2 nitrogen and oxygen atoms in total. The first-order valence-electron chi connectivity index (χ1n) is 7.48. The van der Waals surface area contributed by atoms with Gasteiger partial charge in [-0.15, -0.1) is 0 Å². The van der Waals surface area contributed by atoms with Gasteiger partial charge in [-0.2, -0.15) is 0 Å². The Morgan fingerprint density at radius 1 is 1.40 bits per heavy atom. The molecule has 1 aliphatic carbocycles. The largest absolute Gasteiger partial charge is 0.456 e. The zero-order valence-corrected chi connectivity index (χ0v) is 14.1. The second-order valence-corrected chi connectivity index (χ2v) is 6.95. The predicted molar refractivity (Wildman–Crippen MR) is 85.1 cm³/mol. The number of esters is 1. The summed E-state index contributed by atoms with van der Waals surface area (Å²) < 4.78 is 6.58. The fourth-order valence-electron chi connectivity index (χ4n) is 2.75. The van der Waals surface area contributed by atoms with E-state index >= 15 is 0 Å². The summed E-state index contributed by atoms with van der Waals surface area (Å²) in [5.41, 5.74) is 1.57. The van der Waals surface area contributed by atoms with Gasteiger partial charge in [0.2, 0.25) is 0 Å². The first kappa shape index (κ1) is 15.6. The van der Waals surface area contributed by atoms with Crippen molar-refractivity contribution in [3.63, 3.8) is 0 Å². The van der Waals surface area contributed by atoms with E-state index in [0.29, 0.717) is 11.5 Å². The molecule has 0 N–H and O–H groups in total. The van der Waals surface area contributed by atoms with E-state index in [1.54, 1.807) is 0 Å². The number of benzene rings is 1. The maximum atomic E-state index is 12.4. The van der Waals surface area contributed by atoms with Crippen LogP contribution in [0.2, 0.25) is 0 Å². The van der Waals surface area contributed by atoms with E-state index in [1.807, 2.05) is 19.1 Å². The third-order valence-corrected chi connectivity index (χ3v) is 5.08. The molecule has 0 aliphatic heterocycles. The van der Waals surface area contributed by atoms with E-state index in [1.165, 1.54) is 5.56 Å². The van der Waals surface area contributed by atoms with Crippen LogP contribution in [-0.4, -0.2) is 11.6 Å². The molecule has 1 saturated carbocycles. The molecule has 1 aliphatic rings. The van der Waals surface area contributed by atoms with Crippen molar-refractivity contribution in [2.45, 2.75) is 64.4 Å². The van der Waals surface area contributed by atoms with Gasteiger partial charge in [0, 0.05) is 4.47 Å². The molecule has 2 rings (SSSR count). The minimum atomic E-state index is -0.275. The molecule has 1 atom stereocenters. The highest BCUT2D eigenvalue weighted by molar-refractivity contribution is 9.10. The monoisotopic (exact) mass is 338 g/mol. The highest BCUT2D eigenvalue weighted by Gasteiger charge is 2.33. The number of rotatable bonds is 4. The highest BCUT2D eigenvalue weighted by Crippen LogP contribution is 2.34. The number of carbonyl (C=O) groups is 1. The van der Waals surface area contributed by atoms with Gasteiger partial charge in [0.1, 0.15) is 5.60 Å². The number of hydrogen-bond acceptors (Lipinski definition) is 2. The zero-order chi connectivity index (χ0) is 14.8. The molecule has 0 bridgehead atoms. The molecule has 0 amide bonds. The van der Waals surface area contributed by atoms with Crippen LogP contribution in [-0.2, 0) is 4.74 Å². The number of ether oxygens (including phenoxy) is 1. The molecule has 0 aromatic heterocycles. The average Bonchev–Trinajstić information content (AvgIpc) is 2.84. The standard InChI is InChI=1S/C17H23BrO2/c1-4-12(2)13-7-8-15(18)14(11-13)16(19)20-17(3)9-5-6-10-17/h7-8,11-12H,4-6,9-10H2,1-3H3. The highest BCUT2D eigenvalue weighted by atomic mass is 79.9. The second kappa shape index (κ2) is 6.30. The normalized spacial score (nSPS) is 18.8. The van der Waals surface area contributed by atoms with Gasteiger partial charge in [0.05, 0.1) is 5.56 Å². The van der Waals surface area contributed by atoms with Crippen molar-refractivity contribution < 1.29 is 9.53 Å². The lowest BCUT2D eigenvalue weighted by molar-refractivity contribution is -0.00619. The van der Waals surface area contributed by atoms with Gasteiger partial charge in [0.25, 0.3) is 0 Å². The fourth-order valence-corrected chi connectivity index (χ4v) is 3.15. The summed E-state index contributed by atoms with van der Waals surface area (Å²) in [6.07, 6.45) is 5.31. The lowest BCUT2D eigenvalue weighted by Gasteiger charge is -2.24. The Bertz CT molecular complexity index is 490. The van der Waals surface area contributed by atoms with E-state index in [9.17, 15) is 4.79 Å². The Labute approximate surface area is 130 Å². The fraction of sp³-hybridized carbons (Fsp3) is 0.588. The molecule has 0 saturated heterocycles. The van der Waals surface area contributed by atoms with Gasteiger partial charge in [-0.05, 0) is 78.6 Å². The summed E-state index contributed by atoms with van der Waals surface area (Å²) in [5.74, 6) is 0.253. The lowest BCUT2D eigenvalue weighted by atomic mass is 9.97. The van der Waals surface area contributed by atoms with Gasteiger partial charge in [-0.3, -0.25) is 0 Å². The van der Waals surface area contributed by atoms with Crippen LogP contribution in [0, 0.1) is 0 Å². The van der Waals surface area contributed by atoms with E-state index in [-0.39, 0.29) is 11.6 Å². The predicted octanol–water partition coefficient (Wildman–Crippen LogP) is 5.45. The number of carbonyl (C=O) groups excluding carboxylic acids is 1. The van der Waals surface area contributed by atoms with Crippen molar-refractivity contribution in [2.75, 3.05) is 0 Å². The van der Waals surface area contributed by atoms with Crippen LogP contribution in [0.5, 0.6) is 0 Å². The summed E-state index contributed by atoms with van der Waals surface area (Å²) in [6.45, 7) is 6.38. The third kappa shape index (κ3) is 3.43. The Hall–Kier alpha value is -0.830. The molecule has 0 radical (unpaired) electrons. The van der Waals surface area contributed by atoms with Gasteiger partial charge in [-0.25, -0.2) is 4.79 Å². The van der Waals surface area contributed by atoms with Crippen LogP contribution in [0.1, 0.15) is 74.7 Å². The van der Waals surface area contributed by atoms with Crippen molar-refractivity contribution in [3.05, 3.63) is 33.8 Å². The van der Waals surface area contributed by atoms with Crippen LogP contribution >= 0.6 is 15.9 Å². The smallest absolute Gasteiger partial charge is 0.339 e. The zero-order valence-electron chi connectivity index (χ0n) is 12.5. The van der Waals surface area contributed by atoms with Crippen LogP contribution in [0.15, 0.2) is 22.7 Å². The summed E-state index contributed by atoms with van der Waals surface area (Å²) >= 11 is 3.47. The lowest BCUT2D eigenvalue weighted by Crippen LogP contribution is -2.28. The van der Waals surface area contributed by atoms with Crippen molar-refractivity contribution in [2.24, 2.45) is 0 Å². The summed E-state index contributed by atoms with van der Waals surface area (Å²) in [7, 11) is 0. The molecule has 1 unspecified atom stereocenters. The second-order valence-electron chi connectivity index (χ2n) is 6.10. The summed E-state index contributed by atoms with van der Waals surface area (Å²) in [4.78, 5) is 12.4. The summed E-state index contributed by atoms with van der Waals surface area (Å²) in [5, 5.41) is 0. The molecule has 1 aromatic carbocycles. The van der Waals surface area contributed by atoms with E-state index in [4.69, 9.17) is 4.74 Å². The van der Waals surface area contributed by atoms with E-state index in [2.05, 4.69) is 35.8 Å². The van der Waals surface area contributed by atoms with Gasteiger partial charge in [0.15, 0.2) is 0 Å². The van der Waals surface area contributed by atoms with Crippen LogP contribution in [0.3, 0.4) is 0 Å². The molecule has 20 heavy (non-hydrogen) atoms. The van der Waals surface area contributed by atoms with Crippen molar-refractivity contribution in [1.29, 1.82) is 0 Å². The SMILES string of the molecule is CCC(C)c1ccc(Br)c(C(=O)OC2(C)CCCC2)c1. The number of halogens is 1. The maximum absolute atomic E-state index is 12.4. The van der Waals surface area contributed by atoms with Crippen LogP contribution < -0.4 is 0 Å². The molecular formula is C17H23BrO2. The summed E-state index contributed by atoms with van der Waals surface area (Å²) in [6, 6.07) is 6.00. The van der Waals surface area contributed by atoms with Gasteiger partial charge >= 0.3 is 5.97 Å². The minimum absolute atomic E-state index is 0.202. The van der Waals surface area contributed by atoms with E-state index in [0.717, 1.165) is 36.6 Å². The average molecular weight is 339 g/mol. The van der Waals surface area contributed by atoms with Crippen molar-refractivity contribution >= 4 is 21.9 Å². The van der Waals surface area contributed by atoms with Gasteiger partial charge < -0.3 is 4.74 Å². The third-order valence-electron chi connectivity index (χ3n) is 4.39. The Balaban J connectivity index is 2.20. The minimum Gasteiger partial charge on any atom is -0.456 e. The number of hydrogen-bond donors (Lipinski definition) is 0. The molecule has 0 heterocycles. The Morgan fingerprint density at radius 3 is 2.65 bits per heavy atom. The topological polar surface area (TPSA) is 26.3 Å². The van der Waals surface area contributed by atoms with Crippen LogP contribution in [0.4, 0.5) is 0 Å². The molecule has 1 aromatic rings. The molecule has 3 heteroatoms. The Morgan fingerprint density at radius 2 is 2.05 bits per heavy atom. The van der Waals surface area contributed by atoms with Crippen molar-refractivity contribution in [1.82, 2.24) is 0 Å². The van der Waals surface area contributed by atoms with Crippen LogP contribution in [0.25, 0.3) is 0 Å².